The van der Waals surface area contributed by atoms with Crippen molar-refractivity contribution < 1.29 is 19.0 Å². The SMILES string of the molecule is CCC(=O)Oc1c[nH]c2ccc(Oc3ccccc3OC)cc2c1=O. The number of H-pyrrole nitrogens is 1. The van der Waals surface area contributed by atoms with Crippen molar-refractivity contribution in [1.29, 1.82) is 0 Å². The third-order valence-corrected chi connectivity index (χ3v) is 3.63. The first kappa shape index (κ1) is 16.6. The Morgan fingerprint density at radius 1 is 1.08 bits per heavy atom. The molecule has 6 nitrogen and oxygen atoms in total. The molecule has 3 aromatic rings. The van der Waals surface area contributed by atoms with Crippen molar-refractivity contribution in [3.8, 4) is 23.0 Å². The van der Waals surface area contributed by atoms with Crippen LogP contribution in [-0.2, 0) is 4.79 Å². The Morgan fingerprint density at radius 2 is 1.84 bits per heavy atom. The average molecular weight is 339 g/mol. The highest BCUT2D eigenvalue weighted by Gasteiger charge is 2.11. The van der Waals surface area contributed by atoms with Gasteiger partial charge in [-0.15, -0.1) is 0 Å². The number of hydrogen-bond acceptors (Lipinski definition) is 5. The number of carbonyl (C=O) groups is 1. The topological polar surface area (TPSA) is 77.6 Å². The van der Waals surface area contributed by atoms with E-state index in [1.54, 1.807) is 44.4 Å². The molecule has 0 saturated carbocycles. The maximum absolute atomic E-state index is 12.5. The molecule has 0 aliphatic carbocycles. The molecule has 25 heavy (non-hydrogen) atoms. The normalized spacial score (nSPS) is 10.5. The minimum Gasteiger partial charge on any atom is -0.493 e. The molecule has 1 N–H and O–H groups in total. The second-order valence-corrected chi connectivity index (χ2v) is 5.27. The summed E-state index contributed by atoms with van der Waals surface area (Å²) < 4.78 is 16.1. The van der Waals surface area contributed by atoms with Crippen molar-refractivity contribution in [2.75, 3.05) is 7.11 Å². The van der Waals surface area contributed by atoms with Crippen molar-refractivity contribution in [3.63, 3.8) is 0 Å². The second kappa shape index (κ2) is 7.09. The maximum atomic E-state index is 12.5. The zero-order valence-electron chi connectivity index (χ0n) is 13.9. The zero-order chi connectivity index (χ0) is 17.8. The third kappa shape index (κ3) is 3.47. The summed E-state index contributed by atoms with van der Waals surface area (Å²) in [7, 11) is 1.56. The van der Waals surface area contributed by atoms with Crippen molar-refractivity contribution in [2.24, 2.45) is 0 Å². The van der Waals surface area contributed by atoms with E-state index in [9.17, 15) is 9.59 Å². The van der Waals surface area contributed by atoms with Gasteiger partial charge in [-0.1, -0.05) is 19.1 Å². The highest BCUT2D eigenvalue weighted by Crippen LogP contribution is 2.31. The number of ether oxygens (including phenoxy) is 3. The molecule has 128 valence electrons. The van der Waals surface area contributed by atoms with Gasteiger partial charge in [-0.25, -0.2) is 0 Å². The summed E-state index contributed by atoms with van der Waals surface area (Å²) in [6, 6.07) is 12.3. The molecule has 0 amide bonds. The monoisotopic (exact) mass is 339 g/mol. The van der Waals surface area contributed by atoms with Crippen molar-refractivity contribution in [1.82, 2.24) is 4.98 Å². The van der Waals surface area contributed by atoms with Gasteiger partial charge < -0.3 is 19.2 Å². The molecule has 0 radical (unpaired) electrons. The lowest BCUT2D eigenvalue weighted by molar-refractivity contribution is -0.134. The first-order valence-corrected chi connectivity index (χ1v) is 7.79. The molecule has 1 aromatic heterocycles. The van der Waals surface area contributed by atoms with Gasteiger partial charge in [0.25, 0.3) is 0 Å². The van der Waals surface area contributed by atoms with Crippen LogP contribution < -0.4 is 19.6 Å². The van der Waals surface area contributed by atoms with Crippen molar-refractivity contribution >= 4 is 16.9 Å². The molecule has 3 rings (SSSR count). The van der Waals surface area contributed by atoms with E-state index in [1.165, 1.54) is 6.20 Å². The summed E-state index contributed by atoms with van der Waals surface area (Å²) in [5.74, 6) is 1.10. The van der Waals surface area contributed by atoms with E-state index in [0.29, 0.717) is 28.2 Å². The Kier molecular flexibility index (Phi) is 4.70. The Bertz CT molecular complexity index is 977. The summed E-state index contributed by atoms with van der Waals surface area (Å²) in [6.45, 7) is 1.66. The number of para-hydroxylation sites is 2. The van der Waals surface area contributed by atoms with Crippen LogP contribution in [-0.4, -0.2) is 18.1 Å². The minimum atomic E-state index is -0.466. The van der Waals surface area contributed by atoms with E-state index < -0.39 is 5.97 Å². The van der Waals surface area contributed by atoms with Crippen LogP contribution in [0.3, 0.4) is 0 Å². The van der Waals surface area contributed by atoms with Gasteiger partial charge in [0.05, 0.1) is 12.5 Å². The molecule has 0 fully saturated rings. The summed E-state index contributed by atoms with van der Waals surface area (Å²) in [6.07, 6.45) is 1.58. The van der Waals surface area contributed by atoms with Gasteiger partial charge in [0.1, 0.15) is 5.75 Å². The molecule has 0 spiro atoms. The smallest absolute Gasteiger partial charge is 0.311 e. The standard InChI is InChI=1S/C19H17NO5/c1-3-18(21)25-17-11-20-14-9-8-12(10-13(14)19(17)22)24-16-7-5-4-6-15(16)23-2/h4-11H,3H2,1-2H3,(H,20,22). The van der Waals surface area contributed by atoms with Crippen molar-refractivity contribution in [2.45, 2.75) is 13.3 Å². The number of benzene rings is 2. The number of rotatable bonds is 5. The predicted octanol–water partition coefficient (Wildman–Crippen LogP) is 3.64. The van der Waals surface area contributed by atoms with E-state index in [-0.39, 0.29) is 17.6 Å². The Morgan fingerprint density at radius 3 is 2.56 bits per heavy atom. The van der Waals surface area contributed by atoms with E-state index in [4.69, 9.17) is 14.2 Å². The summed E-state index contributed by atoms with van der Waals surface area (Å²) in [5.41, 5.74) is 0.245. The number of fused-ring (bicyclic) bond motifs is 1. The third-order valence-electron chi connectivity index (χ3n) is 3.63. The first-order valence-electron chi connectivity index (χ1n) is 7.79. The van der Waals surface area contributed by atoms with Crippen LogP contribution in [0.25, 0.3) is 10.9 Å². The molecular formula is C19H17NO5. The molecular weight excluding hydrogens is 322 g/mol. The lowest BCUT2D eigenvalue weighted by Gasteiger charge is -2.10. The van der Waals surface area contributed by atoms with Gasteiger partial charge in [0.15, 0.2) is 17.2 Å². The number of aromatic amines is 1. The molecule has 1 heterocycles. The molecule has 0 aliphatic rings. The number of hydrogen-bond donors (Lipinski definition) is 1. The number of pyridine rings is 1. The number of carbonyl (C=O) groups excluding carboxylic acids is 1. The Labute approximate surface area is 144 Å². The lowest BCUT2D eigenvalue weighted by atomic mass is 10.2. The number of methoxy groups -OCH3 is 1. The van der Waals surface area contributed by atoms with Crippen LogP contribution in [0.5, 0.6) is 23.0 Å². The van der Waals surface area contributed by atoms with Gasteiger partial charge in [-0.2, -0.15) is 0 Å². The second-order valence-electron chi connectivity index (χ2n) is 5.27. The number of nitrogens with one attached hydrogen (secondary N) is 1. The number of esters is 1. The van der Waals surface area contributed by atoms with Gasteiger partial charge >= 0.3 is 5.97 Å². The van der Waals surface area contributed by atoms with Crippen LogP contribution in [0.2, 0.25) is 0 Å². The molecule has 0 bridgehead atoms. The molecule has 6 heteroatoms. The Balaban J connectivity index is 1.99. The molecule has 0 unspecified atom stereocenters. The molecule has 0 atom stereocenters. The van der Waals surface area contributed by atoms with Crippen LogP contribution in [0.1, 0.15) is 13.3 Å². The van der Waals surface area contributed by atoms with E-state index in [0.717, 1.165) is 0 Å². The van der Waals surface area contributed by atoms with Gasteiger partial charge in [0, 0.05) is 18.1 Å². The summed E-state index contributed by atoms with van der Waals surface area (Å²) in [5, 5.41) is 0.369. The fraction of sp³-hybridized carbons (Fsp3) is 0.158. The van der Waals surface area contributed by atoms with Crippen LogP contribution in [0, 0.1) is 0 Å². The molecule has 0 aliphatic heterocycles. The van der Waals surface area contributed by atoms with Gasteiger partial charge in [0.2, 0.25) is 5.43 Å². The van der Waals surface area contributed by atoms with Gasteiger partial charge in [-0.05, 0) is 30.3 Å². The average Bonchev–Trinajstić information content (AvgIpc) is 2.64. The fourth-order valence-electron chi connectivity index (χ4n) is 2.34. The quantitative estimate of drug-likeness (QED) is 0.718. The largest absolute Gasteiger partial charge is 0.493 e. The van der Waals surface area contributed by atoms with Gasteiger partial charge in [-0.3, -0.25) is 9.59 Å². The summed E-state index contributed by atoms with van der Waals surface area (Å²) in [4.78, 5) is 26.9. The first-order chi connectivity index (χ1) is 12.1. The Hall–Kier alpha value is -3.28. The lowest BCUT2D eigenvalue weighted by Crippen LogP contribution is -2.14. The van der Waals surface area contributed by atoms with E-state index in [2.05, 4.69) is 4.98 Å². The van der Waals surface area contributed by atoms with E-state index in [1.807, 2.05) is 12.1 Å². The van der Waals surface area contributed by atoms with E-state index >= 15 is 0 Å². The predicted molar refractivity (Wildman–Crippen MR) is 93.6 cm³/mol. The maximum Gasteiger partial charge on any atom is 0.311 e. The van der Waals surface area contributed by atoms with Crippen LogP contribution in [0.4, 0.5) is 0 Å². The van der Waals surface area contributed by atoms with Crippen LogP contribution in [0.15, 0.2) is 53.5 Å². The highest BCUT2D eigenvalue weighted by molar-refractivity contribution is 5.82. The molecule has 2 aromatic carbocycles. The molecule has 0 saturated heterocycles. The number of aromatic nitrogens is 1. The highest BCUT2D eigenvalue weighted by atomic mass is 16.5. The fourth-order valence-corrected chi connectivity index (χ4v) is 2.34. The zero-order valence-corrected chi connectivity index (χ0v) is 13.9. The summed E-state index contributed by atoms with van der Waals surface area (Å²) >= 11 is 0. The minimum absolute atomic E-state index is 0.0335. The van der Waals surface area contributed by atoms with Crippen molar-refractivity contribution in [3.05, 3.63) is 58.9 Å². The van der Waals surface area contributed by atoms with Crippen LogP contribution >= 0.6 is 0 Å².